The van der Waals surface area contributed by atoms with Crippen molar-refractivity contribution in [3.8, 4) is 0 Å². The Morgan fingerprint density at radius 2 is 1.90 bits per heavy atom. The van der Waals surface area contributed by atoms with Crippen LogP contribution in [0.25, 0.3) is 0 Å². The smallest absolute Gasteiger partial charge is 0.0805 e. The third kappa shape index (κ3) is 2.27. The fourth-order valence-electron chi connectivity index (χ4n) is 5.57. The van der Waals surface area contributed by atoms with Gasteiger partial charge in [-0.05, 0) is 75.3 Å². The molecule has 0 unspecified atom stereocenters. The predicted molar refractivity (Wildman–Crippen MR) is 85.1 cm³/mol. The van der Waals surface area contributed by atoms with Gasteiger partial charge in [-0.2, -0.15) is 0 Å². The van der Waals surface area contributed by atoms with E-state index >= 15 is 0 Å². The van der Waals surface area contributed by atoms with Crippen LogP contribution in [0.5, 0.6) is 0 Å². The number of nitrogens with one attached hydrogen (secondary N) is 1. The van der Waals surface area contributed by atoms with Gasteiger partial charge in [-0.25, -0.2) is 0 Å². The summed E-state index contributed by atoms with van der Waals surface area (Å²) >= 11 is 0. The van der Waals surface area contributed by atoms with Crippen molar-refractivity contribution < 1.29 is 5.11 Å². The minimum Gasteiger partial charge on any atom is -0.388 e. The molecule has 21 heavy (non-hydrogen) atoms. The Labute approximate surface area is 129 Å². The number of aliphatic hydroxyl groups is 1. The lowest BCUT2D eigenvalue weighted by Crippen LogP contribution is -2.69. The summed E-state index contributed by atoms with van der Waals surface area (Å²) in [5.74, 6) is 2.09. The van der Waals surface area contributed by atoms with Crippen LogP contribution in [-0.2, 0) is 0 Å². The van der Waals surface area contributed by atoms with Crippen LogP contribution in [0.4, 0.5) is 0 Å². The van der Waals surface area contributed by atoms with E-state index in [0.717, 1.165) is 30.8 Å². The third-order valence-corrected chi connectivity index (χ3v) is 7.44. The van der Waals surface area contributed by atoms with E-state index in [0.29, 0.717) is 17.4 Å². The SMILES string of the molecule is CC1(C)[C@H]2C[C@@H](NC[C@@H]3CCN(C4CC4)C3)[C@](C)(O)[C@H]1C2. The molecule has 0 aromatic carbocycles. The Bertz CT molecular complexity index is 415. The summed E-state index contributed by atoms with van der Waals surface area (Å²) in [6, 6.07) is 1.23. The Morgan fingerprint density at radius 3 is 2.52 bits per heavy atom. The molecule has 5 fully saturated rings. The van der Waals surface area contributed by atoms with Gasteiger partial charge in [-0.15, -0.1) is 0 Å². The number of hydrogen-bond acceptors (Lipinski definition) is 3. The normalized spacial score (nSPS) is 49.1. The second kappa shape index (κ2) is 4.69. The second-order valence-corrected chi connectivity index (χ2v) is 9.11. The average Bonchev–Trinajstić information content (AvgIpc) is 3.15. The van der Waals surface area contributed by atoms with Gasteiger partial charge >= 0.3 is 0 Å². The van der Waals surface area contributed by atoms with Gasteiger partial charge in [0.05, 0.1) is 5.60 Å². The lowest BCUT2D eigenvalue weighted by Gasteiger charge is -2.65. The van der Waals surface area contributed by atoms with Gasteiger partial charge < -0.3 is 15.3 Å². The zero-order valence-electron chi connectivity index (χ0n) is 13.9. The lowest BCUT2D eigenvalue weighted by atomic mass is 9.43. The van der Waals surface area contributed by atoms with Gasteiger partial charge in [0.25, 0.3) is 0 Å². The summed E-state index contributed by atoms with van der Waals surface area (Å²) in [6.07, 6.45) is 6.59. The van der Waals surface area contributed by atoms with E-state index in [2.05, 4.69) is 31.0 Å². The molecule has 2 bridgehead atoms. The summed E-state index contributed by atoms with van der Waals surface area (Å²) in [6.45, 7) is 10.5. The molecule has 5 aliphatic rings. The summed E-state index contributed by atoms with van der Waals surface area (Å²) in [5.41, 5.74) is -0.176. The fraction of sp³-hybridized carbons (Fsp3) is 1.00. The molecule has 0 aromatic rings. The number of likely N-dealkylation sites (tertiary alicyclic amines) is 1. The molecule has 1 heterocycles. The van der Waals surface area contributed by atoms with Crippen LogP contribution < -0.4 is 5.32 Å². The summed E-state index contributed by atoms with van der Waals surface area (Å²) in [4.78, 5) is 2.69. The first-order chi connectivity index (χ1) is 9.89. The van der Waals surface area contributed by atoms with E-state index in [1.165, 1.54) is 38.8 Å². The van der Waals surface area contributed by atoms with E-state index in [1.54, 1.807) is 0 Å². The number of nitrogens with zero attached hydrogens (tertiary/aromatic N) is 1. The van der Waals surface area contributed by atoms with Gasteiger partial charge in [0, 0.05) is 18.6 Å². The molecule has 120 valence electrons. The van der Waals surface area contributed by atoms with Crippen molar-refractivity contribution in [2.75, 3.05) is 19.6 Å². The highest BCUT2D eigenvalue weighted by molar-refractivity contribution is 5.14. The quantitative estimate of drug-likeness (QED) is 0.834. The summed E-state index contributed by atoms with van der Waals surface area (Å²) in [7, 11) is 0. The van der Waals surface area contributed by atoms with Gasteiger partial charge in [0.1, 0.15) is 0 Å². The Balaban J connectivity index is 1.31. The maximum absolute atomic E-state index is 11.0. The molecule has 4 aliphatic carbocycles. The molecule has 0 amide bonds. The molecule has 5 atom stereocenters. The van der Waals surface area contributed by atoms with Gasteiger partial charge in [-0.1, -0.05) is 13.8 Å². The predicted octanol–water partition coefficient (Wildman–Crippen LogP) is 2.25. The van der Waals surface area contributed by atoms with E-state index in [-0.39, 0.29) is 0 Å². The molecule has 5 rings (SSSR count). The summed E-state index contributed by atoms with van der Waals surface area (Å²) < 4.78 is 0. The van der Waals surface area contributed by atoms with Crippen molar-refractivity contribution in [3.63, 3.8) is 0 Å². The van der Waals surface area contributed by atoms with Crippen LogP contribution in [0.3, 0.4) is 0 Å². The summed E-state index contributed by atoms with van der Waals surface area (Å²) in [5, 5.41) is 14.8. The first-order valence-electron chi connectivity index (χ1n) is 9.09. The van der Waals surface area contributed by atoms with Gasteiger partial charge in [0.2, 0.25) is 0 Å². The highest BCUT2D eigenvalue weighted by Gasteiger charge is 2.62. The Morgan fingerprint density at radius 1 is 1.14 bits per heavy atom. The zero-order chi connectivity index (χ0) is 14.8. The minimum absolute atomic E-state index is 0.309. The molecule has 3 nitrogen and oxygen atoms in total. The van der Waals surface area contributed by atoms with Gasteiger partial charge in [-0.3, -0.25) is 0 Å². The van der Waals surface area contributed by atoms with Crippen LogP contribution >= 0.6 is 0 Å². The van der Waals surface area contributed by atoms with Crippen molar-refractivity contribution in [2.24, 2.45) is 23.2 Å². The van der Waals surface area contributed by atoms with Crippen molar-refractivity contribution in [3.05, 3.63) is 0 Å². The van der Waals surface area contributed by atoms with Crippen LogP contribution in [-0.4, -0.2) is 47.3 Å². The van der Waals surface area contributed by atoms with Crippen LogP contribution in [0, 0.1) is 23.2 Å². The van der Waals surface area contributed by atoms with Crippen molar-refractivity contribution in [1.29, 1.82) is 0 Å². The maximum Gasteiger partial charge on any atom is 0.0805 e. The molecule has 4 saturated carbocycles. The van der Waals surface area contributed by atoms with Crippen molar-refractivity contribution >= 4 is 0 Å². The number of hydrogen-bond donors (Lipinski definition) is 2. The van der Waals surface area contributed by atoms with Crippen LogP contribution in [0.1, 0.15) is 52.9 Å². The first-order valence-corrected chi connectivity index (χ1v) is 9.09. The molecule has 2 N–H and O–H groups in total. The van der Waals surface area contributed by atoms with Crippen molar-refractivity contribution in [2.45, 2.75) is 70.6 Å². The lowest BCUT2D eigenvalue weighted by molar-refractivity contribution is -0.209. The first kappa shape index (κ1) is 14.5. The highest BCUT2D eigenvalue weighted by Crippen LogP contribution is 2.62. The molecule has 1 aliphatic heterocycles. The fourth-order valence-corrected chi connectivity index (χ4v) is 5.57. The van der Waals surface area contributed by atoms with Crippen LogP contribution in [0.2, 0.25) is 0 Å². The van der Waals surface area contributed by atoms with E-state index in [9.17, 15) is 5.11 Å². The van der Waals surface area contributed by atoms with Gasteiger partial charge in [0.15, 0.2) is 0 Å². The Hall–Kier alpha value is -0.120. The molecule has 0 aromatic heterocycles. The standard InChI is InChI=1S/C18H32N2O/c1-17(2)13-8-15(17)18(3,21)16(9-13)19-10-12-6-7-20(11-12)14-4-5-14/h12-16,19,21H,4-11H2,1-3H3/t12-,13+,15-,16+,18+/m0/s1. The zero-order valence-corrected chi connectivity index (χ0v) is 13.9. The molecule has 1 saturated heterocycles. The van der Waals surface area contributed by atoms with E-state index in [4.69, 9.17) is 0 Å². The molecular weight excluding hydrogens is 260 g/mol. The maximum atomic E-state index is 11.0. The third-order valence-electron chi connectivity index (χ3n) is 7.44. The number of rotatable bonds is 4. The van der Waals surface area contributed by atoms with E-state index < -0.39 is 5.60 Å². The largest absolute Gasteiger partial charge is 0.388 e. The molecule has 0 spiro atoms. The van der Waals surface area contributed by atoms with Crippen LogP contribution in [0.15, 0.2) is 0 Å². The highest BCUT2D eigenvalue weighted by atomic mass is 16.3. The minimum atomic E-state index is -0.521. The molecule has 3 heteroatoms. The molecular formula is C18H32N2O. The molecule has 0 radical (unpaired) electrons. The van der Waals surface area contributed by atoms with E-state index in [1.807, 2.05) is 0 Å². The Kier molecular flexibility index (Phi) is 3.23. The van der Waals surface area contributed by atoms with Crippen molar-refractivity contribution in [1.82, 2.24) is 10.2 Å². The topological polar surface area (TPSA) is 35.5 Å². The average molecular weight is 292 g/mol. The monoisotopic (exact) mass is 292 g/mol. The number of fused-ring (bicyclic) bond motifs is 2. The second-order valence-electron chi connectivity index (χ2n) is 9.11.